The smallest absolute Gasteiger partial charge is 0.0938 e. The Labute approximate surface area is 182 Å². The lowest BCUT2D eigenvalue weighted by Gasteiger charge is -2.12. The largest absolute Gasteiger partial charge is 0.396 e. The monoisotopic (exact) mass is 413 g/mol. The highest BCUT2D eigenvalue weighted by atomic mass is 16.2. The van der Waals surface area contributed by atoms with Crippen molar-refractivity contribution < 1.29 is 5.11 Å². The summed E-state index contributed by atoms with van der Waals surface area (Å²) in [6, 6.07) is 12.4. The van der Waals surface area contributed by atoms with E-state index >= 15 is 0 Å². The molecular formula is C25H27N5O. The molecule has 158 valence electrons. The average Bonchev–Trinajstić information content (AvgIpc) is 3.42. The maximum Gasteiger partial charge on any atom is 0.0938 e. The van der Waals surface area contributed by atoms with Crippen LogP contribution >= 0.6 is 0 Å². The van der Waals surface area contributed by atoms with Gasteiger partial charge in [-0.15, -0.1) is 0 Å². The van der Waals surface area contributed by atoms with Crippen molar-refractivity contribution >= 4 is 11.4 Å². The van der Waals surface area contributed by atoms with Gasteiger partial charge >= 0.3 is 0 Å². The van der Waals surface area contributed by atoms with Crippen LogP contribution in [0.5, 0.6) is 0 Å². The minimum Gasteiger partial charge on any atom is -0.396 e. The third kappa shape index (κ3) is 4.70. The lowest BCUT2D eigenvalue weighted by molar-refractivity contribution is 0.285. The fraction of sp³-hybridized carbons (Fsp3) is 0.280. The van der Waals surface area contributed by atoms with Crippen molar-refractivity contribution in [3.63, 3.8) is 0 Å². The number of aliphatic imine (C=N–C) groups is 1. The Morgan fingerprint density at radius 2 is 1.97 bits per heavy atom. The number of allylic oxidation sites excluding steroid dienone is 1. The molecule has 0 saturated carbocycles. The Morgan fingerprint density at radius 1 is 1.13 bits per heavy atom. The van der Waals surface area contributed by atoms with E-state index in [-0.39, 0.29) is 12.6 Å². The van der Waals surface area contributed by atoms with Gasteiger partial charge in [-0.25, -0.2) is 4.98 Å². The van der Waals surface area contributed by atoms with Crippen LogP contribution in [0.3, 0.4) is 0 Å². The Bertz CT molecular complexity index is 1160. The summed E-state index contributed by atoms with van der Waals surface area (Å²) in [4.78, 5) is 9.58. The SMILES string of the molecule is CC1C=CC(c2ccc(-c3cccc(-c4cnn(C)c4)c3)nc2C(=N)CCCCO)=N1. The molecule has 2 N–H and O–H groups in total. The predicted molar refractivity (Wildman–Crippen MR) is 125 cm³/mol. The normalized spacial score (nSPS) is 15.3. The number of rotatable bonds is 8. The first-order valence-electron chi connectivity index (χ1n) is 10.6. The molecule has 1 aromatic carbocycles. The topological polar surface area (TPSA) is 87.2 Å². The third-order valence-corrected chi connectivity index (χ3v) is 5.36. The Kier molecular flexibility index (Phi) is 6.18. The molecule has 0 amide bonds. The molecule has 6 heteroatoms. The number of aryl methyl sites for hydroxylation is 1. The van der Waals surface area contributed by atoms with E-state index in [1.807, 2.05) is 56.7 Å². The van der Waals surface area contributed by atoms with Gasteiger partial charge in [-0.3, -0.25) is 9.67 Å². The molecular weight excluding hydrogens is 386 g/mol. The van der Waals surface area contributed by atoms with Gasteiger partial charge in [-0.05, 0) is 56.0 Å². The van der Waals surface area contributed by atoms with Gasteiger partial charge in [0.15, 0.2) is 0 Å². The van der Waals surface area contributed by atoms with E-state index in [1.165, 1.54) is 0 Å². The van der Waals surface area contributed by atoms with Crippen LogP contribution < -0.4 is 0 Å². The van der Waals surface area contributed by atoms with Gasteiger partial charge in [0, 0.05) is 36.5 Å². The van der Waals surface area contributed by atoms with Crippen molar-refractivity contribution in [1.82, 2.24) is 14.8 Å². The lowest BCUT2D eigenvalue weighted by atomic mass is 9.98. The first-order chi connectivity index (χ1) is 15.0. The number of hydrogen-bond donors (Lipinski definition) is 2. The van der Waals surface area contributed by atoms with Gasteiger partial charge < -0.3 is 10.5 Å². The Hall–Kier alpha value is -3.38. The summed E-state index contributed by atoms with van der Waals surface area (Å²) in [6.45, 7) is 2.18. The number of hydrogen-bond acceptors (Lipinski definition) is 5. The zero-order valence-corrected chi connectivity index (χ0v) is 17.9. The van der Waals surface area contributed by atoms with Gasteiger partial charge in [-0.2, -0.15) is 5.10 Å². The molecule has 4 rings (SSSR count). The van der Waals surface area contributed by atoms with Crippen LogP contribution in [0.25, 0.3) is 22.4 Å². The summed E-state index contributed by atoms with van der Waals surface area (Å²) in [6.07, 6.45) is 9.92. The van der Waals surface area contributed by atoms with Crippen LogP contribution in [-0.2, 0) is 7.05 Å². The van der Waals surface area contributed by atoms with Crippen molar-refractivity contribution in [1.29, 1.82) is 5.41 Å². The van der Waals surface area contributed by atoms with Crippen molar-refractivity contribution in [2.45, 2.75) is 32.2 Å². The van der Waals surface area contributed by atoms with Gasteiger partial charge in [-0.1, -0.05) is 24.3 Å². The molecule has 1 aliphatic rings. The highest BCUT2D eigenvalue weighted by Crippen LogP contribution is 2.27. The van der Waals surface area contributed by atoms with E-state index in [1.54, 1.807) is 4.68 Å². The molecule has 6 nitrogen and oxygen atoms in total. The van der Waals surface area contributed by atoms with E-state index in [9.17, 15) is 0 Å². The highest BCUT2D eigenvalue weighted by Gasteiger charge is 2.18. The van der Waals surface area contributed by atoms with Crippen molar-refractivity contribution in [2.24, 2.45) is 12.0 Å². The zero-order valence-electron chi connectivity index (χ0n) is 17.9. The summed E-state index contributed by atoms with van der Waals surface area (Å²) >= 11 is 0. The average molecular weight is 414 g/mol. The maximum absolute atomic E-state index is 9.10. The van der Waals surface area contributed by atoms with E-state index in [4.69, 9.17) is 15.5 Å². The molecule has 1 aliphatic heterocycles. The summed E-state index contributed by atoms with van der Waals surface area (Å²) < 4.78 is 1.79. The molecule has 1 atom stereocenters. The lowest BCUT2D eigenvalue weighted by Crippen LogP contribution is -2.11. The fourth-order valence-electron chi connectivity index (χ4n) is 3.71. The Balaban J connectivity index is 1.72. The number of unbranched alkanes of at least 4 members (excludes halogenated alkanes) is 1. The van der Waals surface area contributed by atoms with Crippen LogP contribution in [0.1, 0.15) is 37.4 Å². The number of aliphatic hydroxyl groups excluding tert-OH is 1. The predicted octanol–water partition coefficient (Wildman–Crippen LogP) is 4.43. The quantitative estimate of drug-likeness (QED) is 0.423. The summed E-state index contributed by atoms with van der Waals surface area (Å²) in [5.74, 6) is 0. The molecule has 3 heterocycles. The van der Waals surface area contributed by atoms with Crippen molar-refractivity contribution in [2.75, 3.05) is 6.61 Å². The zero-order chi connectivity index (χ0) is 21.8. The molecule has 0 spiro atoms. The molecule has 0 aliphatic carbocycles. The highest BCUT2D eigenvalue weighted by molar-refractivity contribution is 6.16. The van der Waals surface area contributed by atoms with Crippen LogP contribution in [-0.4, -0.2) is 43.9 Å². The van der Waals surface area contributed by atoms with E-state index in [0.717, 1.165) is 40.1 Å². The molecule has 1 unspecified atom stereocenters. The number of benzene rings is 1. The van der Waals surface area contributed by atoms with Crippen molar-refractivity contribution in [3.8, 4) is 22.4 Å². The second-order valence-electron chi connectivity index (χ2n) is 7.85. The molecule has 0 bridgehead atoms. The van der Waals surface area contributed by atoms with Crippen LogP contribution in [0.4, 0.5) is 0 Å². The molecule has 2 aromatic heterocycles. The summed E-state index contributed by atoms with van der Waals surface area (Å²) in [5.41, 5.74) is 6.86. The Morgan fingerprint density at radius 3 is 2.68 bits per heavy atom. The number of nitrogens with zero attached hydrogens (tertiary/aromatic N) is 4. The van der Waals surface area contributed by atoms with Crippen LogP contribution in [0.2, 0.25) is 0 Å². The molecule has 31 heavy (non-hydrogen) atoms. The van der Waals surface area contributed by atoms with Gasteiger partial charge in [0.25, 0.3) is 0 Å². The minimum absolute atomic E-state index is 0.141. The molecule has 0 fully saturated rings. The number of aromatic nitrogens is 3. The second-order valence-corrected chi connectivity index (χ2v) is 7.85. The fourth-order valence-corrected chi connectivity index (χ4v) is 3.71. The van der Waals surface area contributed by atoms with Crippen molar-refractivity contribution in [3.05, 3.63) is 72.2 Å². The third-order valence-electron chi connectivity index (χ3n) is 5.36. The molecule has 0 radical (unpaired) electrons. The van der Waals surface area contributed by atoms with E-state index < -0.39 is 0 Å². The summed E-state index contributed by atoms with van der Waals surface area (Å²) in [5, 5.41) is 22.0. The van der Waals surface area contributed by atoms with Gasteiger partial charge in [0.1, 0.15) is 0 Å². The summed E-state index contributed by atoms with van der Waals surface area (Å²) in [7, 11) is 1.91. The van der Waals surface area contributed by atoms with E-state index in [0.29, 0.717) is 24.2 Å². The van der Waals surface area contributed by atoms with E-state index in [2.05, 4.69) is 28.3 Å². The second kappa shape index (κ2) is 9.18. The molecule has 3 aromatic rings. The van der Waals surface area contributed by atoms with Gasteiger partial charge in [0.05, 0.1) is 35.0 Å². The first kappa shape index (κ1) is 20.9. The minimum atomic E-state index is 0.141. The number of nitrogens with one attached hydrogen (secondary N) is 1. The van der Waals surface area contributed by atoms with Gasteiger partial charge in [0.2, 0.25) is 0 Å². The standard InChI is InChI=1S/C25H27N5O/c1-17-9-11-24(28-17)21-10-12-23(29-25(21)22(26)8-3-4-13-31)19-7-5-6-18(14-19)20-15-27-30(2)16-20/h5-7,9-12,14-17,26,31H,3-4,8,13H2,1-2H3. The number of aliphatic hydroxyl groups is 1. The number of pyridine rings is 1. The van der Waals surface area contributed by atoms with Crippen LogP contribution in [0.15, 0.2) is 65.9 Å². The maximum atomic E-state index is 9.10. The molecule has 0 saturated heterocycles. The van der Waals surface area contributed by atoms with Crippen LogP contribution in [0, 0.1) is 5.41 Å². The first-order valence-corrected chi connectivity index (χ1v) is 10.6.